The number of carbonyl (C=O) groups is 2. The fourth-order valence-corrected chi connectivity index (χ4v) is 2.91. The van der Waals surface area contributed by atoms with E-state index < -0.39 is 11.7 Å². The van der Waals surface area contributed by atoms with Crippen molar-refractivity contribution in [1.29, 1.82) is 0 Å². The highest BCUT2D eigenvalue weighted by atomic mass is 16.6. The summed E-state index contributed by atoms with van der Waals surface area (Å²) in [6, 6.07) is 9.21. The van der Waals surface area contributed by atoms with E-state index in [2.05, 4.69) is 5.32 Å². The summed E-state index contributed by atoms with van der Waals surface area (Å²) in [5.41, 5.74) is 0.377. The van der Waals surface area contributed by atoms with Gasteiger partial charge in [0.25, 0.3) is 0 Å². The van der Waals surface area contributed by atoms with Gasteiger partial charge in [-0.15, -0.1) is 0 Å². The topological polar surface area (TPSA) is 58.6 Å². The Bertz CT molecular complexity index is 545. The molecule has 24 heavy (non-hydrogen) atoms. The molecule has 0 aromatic heterocycles. The van der Waals surface area contributed by atoms with Crippen LogP contribution in [0.4, 0.5) is 9.59 Å². The smallest absolute Gasteiger partial charge is 0.418 e. The highest BCUT2D eigenvalue weighted by molar-refractivity contribution is 5.91. The predicted molar refractivity (Wildman–Crippen MR) is 93.6 cm³/mol. The molecule has 0 saturated heterocycles. The predicted octanol–water partition coefficient (Wildman–Crippen LogP) is 4.47. The van der Waals surface area contributed by atoms with Crippen LogP contribution in [0.3, 0.4) is 0 Å². The summed E-state index contributed by atoms with van der Waals surface area (Å²) < 4.78 is 5.45. The number of carbonyl (C=O) groups excluding carboxylic acids is 2. The Balaban J connectivity index is 2.05. The first-order valence-electron chi connectivity index (χ1n) is 8.71. The molecule has 1 aromatic rings. The molecular weight excluding hydrogens is 304 g/mol. The van der Waals surface area contributed by atoms with Crippen molar-refractivity contribution in [2.45, 2.75) is 71.1 Å². The molecule has 0 spiro atoms. The molecule has 1 aromatic carbocycles. The molecule has 0 atom stereocenters. The summed E-state index contributed by atoms with van der Waals surface area (Å²) in [4.78, 5) is 26.5. The van der Waals surface area contributed by atoms with Crippen molar-refractivity contribution in [3.8, 4) is 0 Å². The van der Waals surface area contributed by atoms with E-state index in [-0.39, 0.29) is 12.1 Å². The minimum absolute atomic E-state index is 0.0793. The number of rotatable bonds is 3. The molecule has 0 unspecified atom stereocenters. The summed E-state index contributed by atoms with van der Waals surface area (Å²) in [5.74, 6) is 0. The first kappa shape index (κ1) is 18.3. The fraction of sp³-hybridized carbons (Fsp3) is 0.579. The second kappa shape index (κ2) is 8.18. The third-order valence-electron chi connectivity index (χ3n) is 4.04. The Morgan fingerprint density at radius 3 is 2.33 bits per heavy atom. The monoisotopic (exact) mass is 332 g/mol. The molecule has 5 nitrogen and oxygen atoms in total. The number of amides is 3. The van der Waals surface area contributed by atoms with Gasteiger partial charge in [-0.05, 0) is 39.2 Å². The maximum atomic E-state index is 12.7. The average molecular weight is 332 g/mol. The van der Waals surface area contributed by atoms with Crippen molar-refractivity contribution < 1.29 is 14.3 Å². The lowest BCUT2D eigenvalue weighted by atomic mass is 9.94. The third kappa shape index (κ3) is 5.55. The molecule has 1 aliphatic rings. The minimum Gasteiger partial charge on any atom is -0.443 e. The molecule has 0 heterocycles. The van der Waals surface area contributed by atoms with Crippen LogP contribution in [0.1, 0.15) is 58.4 Å². The van der Waals surface area contributed by atoms with Crippen molar-refractivity contribution in [3.05, 3.63) is 35.9 Å². The number of benzene rings is 1. The van der Waals surface area contributed by atoms with E-state index in [0.29, 0.717) is 6.54 Å². The van der Waals surface area contributed by atoms with Crippen molar-refractivity contribution in [1.82, 2.24) is 10.2 Å². The fourth-order valence-electron chi connectivity index (χ4n) is 2.91. The first-order valence-corrected chi connectivity index (χ1v) is 8.71. The second-order valence-electron chi connectivity index (χ2n) is 7.29. The Kier molecular flexibility index (Phi) is 6.23. The van der Waals surface area contributed by atoms with Crippen molar-refractivity contribution in [3.63, 3.8) is 0 Å². The number of urea groups is 1. The molecule has 0 bridgehead atoms. The molecule has 0 aliphatic heterocycles. The molecular formula is C19H28N2O3. The molecule has 1 aliphatic carbocycles. The first-order chi connectivity index (χ1) is 11.4. The molecule has 1 saturated carbocycles. The van der Waals surface area contributed by atoms with Gasteiger partial charge in [-0.3, -0.25) is 0 Å². The van der Waals surface area contributed by atoms with Gasteiger partial charge in [0.1, 0.15) is 5.60 Å². The van der Waals surface area contributed by atoms with E-state index in [4.69, 9.17) is 4.74 Å². The van der Waals surface area contributed by atoms with Gasteiger partial charge >= 0.3 is 12.1 Å². The van der Waals surface area contributed by atoms with Gasteiger partial charge in [0.05, 0.1) is 0 Å². The summed E-state index contributed by atoms with van der Waals surface area (Å²) in [6.45, 7) is 5.83. The molecule has 1 fully saturated rings. The number of imide groups is 1. The van der Waals surface area contributed by atoms with Crippen LogP contribution < -0.4 is 5.32 Å². The van der Waals surface area contributed by atoms with Gasteiger partial charge in [-0.1, -0.05) is 49.6 Å². The van der Waals surface area contributed by atoms with Crippen LogP contribution in [0.25, 0.3) is 0 Å². The number of nitrogens with one attached hydrogen (secondary N) is 1. The Morgan fingerprint density at radius 1 is 1.12 bits per heavy atom. The molecule has 0 radical (unpaired) electrons. The van der Waals surface area contributed by atoms with Gasteiger partial charge in [0, 0.05) is 12.6 Å². The van der Waals surface area contributed by atoms with Crippen LogP contribution in [-0.4, -0.2) is 28.7 Å². The van der Waals surface area contributed by atoms with Crippen LogP contribution in [0.2, 0.25) is 0 Å². The third-order valence-corrected chi connectivity index (χ3v) is 4.04. The van der Waals surface area contributed by atoms with E-state index in [9.17, 15) is 9.59 Å². The maximum absolute atomic E-state index is 12.7. The lowest BCUT2D eigenvalue weighted by Gasteiger charge is -2.34. The van der Waals surface area contributed by atoms with E-state index in [1.54, 1.807) is 0 Å². The van der Waals surface area contributed by atoms with E-state index >= 15 is 0 Å². The van der Waals surface area contributed by atoms with Crippen LogP contribution >= 0.6 is 0 Å². The van der Waals surface area contributed by atoms with Gasteiger partial charge in [-0.25, -0.2) is 14.5 Å². The number of nitrogens with zero attached hydrogens (tertiary/aromatic N) is 1. The van der Waals surface area contributed by atoms with Crippen LogP contribution in [0.5, 0.6) is 0 Å². The van der Waals surface area contributed by atoms with Gasteiger partial charge < -0.3 is 10.1 Å². The van der Waals surface area contributed by atoms with Crippen molar-refractivity contribution in [2.24, 2.45) is 0 Å². The summed E-state index contributed by atoms with van der Waals surface area (Å²) in [7, 11) is 0. The van der Waals surface area contributed by atoms with Crippen LogP contribution in [0, 0.1) is 0 Å². The zero-order chi connectivity index (χ0) is 17.6. The molecule has 132 valence electrons. The number of ether oxygens (including phenoxy) is 1. The summed E-state index contributed by atoms with van der Waals surface area (Å²) in [6.07, 6.45) is 4.37. The van der Waals surface area contributed by atoms with Gasteiger partial charge in [0.2, 0.25) is 0 Å². The SMILES string of the molecule is CC(C)(C)OC(=O)N(C(=O)NCc1ccccc1)C1CCCCC1. The largest absolute Gasteiger partial charge is 0.443 e. The minimum atomic E-state index is -0.621. The zero-order valence-corrected chi connectivity index (χ0v) is 14.9. The van der Waals surface area contributed by atoms with Crippen LogP contribution in [-0.2, 0) is 11.3 Å². The van der Waals surface area contributed by atoms with Gasteiger partial charge in [-0.2, -0.15) is 0 Å². The number of hydrogen-bond acceptors (Lipinski definition) is 3. The number of hydrogen-bond donors (Lipinski definition) is 1. The highest BCUT2D eigenvalue weighted by Gasteiger charge is 2.34. The highest BCUT2D eigenvalue weighted by Crippen LogP contribution is 2.24. The van der Waals surface area contributed by atoms with Crippen molar-refractivity contribution >= 4 is 12.1 Å². The van der Waals surface area contributed by atoms with E-state index in [1.165, 1.54) is 4.90 Å². The Labute approximate surface area is 144 Å². The zero-order valence-electron chi connectivity index (χ0n) is 14.9. The summed E-state index contributed by atoms with van der Waals surface area (Å²) >= 11 is 0. The van der Waals surface area contributed by atoms with E-state index in [0.717, 1.165) is 37.7 Å². The lowest BCUT2D eigenvalue weighted by Crippen LogP contribution is -2.51. The Hall–Kier alpha value is -2.04. The van der Waals surface area contributed by atoms with Gasteiger partial charge in [0.15, 0.2) is 0 Å². The lowest BCUT2D eigenvalue weighted by molar-refractivity contribution is 0.0221. The molecule has 2 rings (SSSR count). The maximum Gasteiger partial charge on any atom is 0.418 e. The second-order valence-corrected chi connectivity index (χ2v) is 7.29. The summed E-state index contributed by atoms with van der Waals surface area (Å²) in [5, 5.41) is 2.85. The van der Waals surface area contributed by atoms with Crippen molar-refractivity contribution in [2.75, 3.05) is 0 Å². The average Bonchev–Trinajstić information content (AvgIpc) is 2.53. The molecule has 1 N–H and O–H groups in total. The van der Waals surface area contributed by atoms with E-state index in [1.807, 2.05) is 51.1 Å². The standard InChI is InChI=1S/C19H28N2O3/c1-19(2,3)24-18(23)21(16-12-8-5-9-13-16)17(22)20-14-15-10-6-4-7-11-15/h4,6-7,10-11,16H,5,8-9,12-14H2,1-3H3,(H,20,22). The molecule has 5 heteroatoms. The normalized spacial score (nSPS) is 15.6. The molecule has 3 amide bonds. The quantitative estimate of drug-likeness (QED) is 0.888. The van der Waals surface area contributed by atoms with Crippen LogP contribution in [0.15, 0.2) is 30.3 Å². The Morgan fingerprint density at radius 2 is 1.75 bits per heavy atom.